The molecule has 1 aliphatic rings. The van der Waals surface area contributed by atoms with Crippen molar-refractivity contribution in [2.45, 2.75) is 12.6 Å². The number of piperazine rings is 1. The molecule has 2 N–H and O–H groups in total. The number of benzene rings is 1. The molecule has 1 heterocycles. The normalized spacial score (nSPS) is 19.2. The zero-order valence-electron chi connectivity index (χ0n) is 11.6. The van der Waals surface area contributed by atoms with E-state index in [1.54, 1.807) is 13.1 Å². The van der Waals surface area contributed by atoms with E-state index in [4.69, 9.17) is 11.6 Å². The number of nitrogens with zero attached hydrogens (tertiary/aromatic N) is 2. The number of carbonyl (C=O) groups is 1. The lowest BCUT2D eigenvalue weighted by molar-refractivity contribution is -0.384. The molecule has 7 nitrogen and oxygen atoms in total. The molecule has 1 unspecified atom stereocenters. The quantitative estimate of drug-likeness (QED) is 0.633. The van der Waals surface area contributed by atoms with Gasteiger partial charge in [0.25, 0.3) is 5.69 Å². The first-order chi connectivity index (χ1) is 10.0. The Morgan fingerprint density at radius 1 is 1.62 bits per heavy atom. The Balaban J connectivity index is 2.15. The van der Waals surface area contributed by atoms with E-state index in [0.717, 1.165) is 12.1 Å². The van der Waals surface area contributed by atoms with Gasteiger partial charge in [0.05, 0.1) is 9.95 Å². The number of amides is 1. The average molecular weight is 313 g/mol. The van der Waals surface area contributed by atoms with Crippen LogP contribution in [0.3, 0.4) is 0 Å². The maximum atomic E-state index is 11.9. The first-order valence-electron chi connectivity index (χ1n) is 6.62. The fraction of sp³-hybridized carbons (Fsp3) is 0.462. The van der Waals surface area contributed by atoms with E-state index in [2.05, 4.69) is 10.6 Å². The molecule has 1 aliphatic heterocycles. The Morgan fingerprint density at radius 2 is 2.38 bits per heavy atom. The lowest BCUT2D eigenvalue weighted by Gasteiger charge is -2.35. The van der Waals surface area contributed by atoms with Crippen molar-refractivity contribution in [2.24, 2.45) is 0 Å². The molecular formula is C13H17ClN4O3. The first kappa shape index (κ1) is 15.7. The van der Waals surface area contributed by atoms with Crippen molar-refractivity contribution in [1.82, 2.24) is 15.5 Å². The minimum absolute atomic E-state index is 0.0353. The molecule has 0 bridgehead atoms. The van der Waals surface area contributed by atoms with Crippen LogP contribution >= 0.6 is 11.6 Å². The van der Waals surface area contributed by atoms with Crippen LogP contribution in [0.4, 0.5) is 5.69 Å². The fourth-order valence-electron chi connectivity index (χ4n) is 2.36. The summed E-state index contributed by atoms with van der Waals surface area (Å²) in [4.78, 5) is 24.1. The number of halogens is 1. The number of non-ortho nitro benzene ring substituents is 1. The molecule has 1 aromatic carbocycles. The van der Waals surface area contributed by atoms with Crippen LogP contribution in [0.2, 0.25) is 5.02 Å². The van der Waals surface area contributed by atoms with Crippen molar-refractivity contribution >= 4 is 23.2 Å². The number of likely N-dealkylation sites (N-methyl/N-ethyl adjacent to an activating group) is 1. The van der Waals surface area contributed by atoms with E-state index in [1.165, 1.54) is 12.1 Å². The number of rotatable bonds is 4. The van der Waals surface area contributed by atoms with E-state index in [9.17, 15) is 14.9 Å². The standard InChI is InChI=1S/C13H17ClN4O3/c1-15-13(19)12-7-16-4-5-17(12)8-9-2-3-10(18(20)21)6-11(9)14/h2-3,6,12,16H,4-5,7-8H2,1H3,(H,15,19). The molecule has 2 rings (SSSR count). The van der Waals surface area contributed by atoms with E-state index >= 15 is 0 Å². The monoisotopic (exact) mass is 312 g/mol. The molecule has 114 valence electrons. The van der Waals surface area contributed by atoms with Gasteiger partial charge in [0.15, 0.2) is 0 Å². The number of carbonyl (C=O) groups excluding carboxylic acids is 1. The van der Waals surface area contributed by atoms with Gasteiger partial charge >= 0.3 is 0 Å². The summed E-state index contributed by atoms with van der Waals surface area (Å²) < 4.78 is 0. The zero-order valence-corrected chi connectivity index (χ0v) is 12.4. The van der Waals surface area contributed by atoms with Gasteiger partial charge in [-0.25, -0.2) is 0 Å². The lowest BCUT2D eigenvalue weighted by Crippen LogP contribution is -2.56. The zero-order chi connectivity index (χ0) is 15.4. The molecular weight excluding hydrogens is 296 g/mol. The number of hydrogen-bond donors (Lipinski definition) is 2. The van der Waals surface area contributed by atoms with Crippen molar-refractivity contribution in [1.29, 1.82) is 0 Å². The van der Waals surface area contributed by atoms with Gasteiger partial charge < -0.3 is 10.6 Å². The van der Waals surface area contributed by atoms with E-state index in [1.807, 2.05) is 4.90 Å². The van der Waals surface area contributed by atoms with Gasteiger partial charge in [-0.2, -0.15) is 0 Å². The summed E-state index contributed by atoms with van der Waals surface area (Å²) in [7, 11) is 1.61. The molecule has 1 saturated heterocycles. The van der Waals surface area contributed by atoms with Crippen molar-refractivity contribution < 1.29 is 9.72 Å². The molecule has 0 saturated carbocycles. The second kappa shape index (κ2) is 6.84. The molecule has 1 amide bonds. The van der Waals surface area contributed by atoms with Crippen LogP contribution in [0.5, 0.6) is 0 Å². The highest BCUT2D eigenvalue weighted by Crippen LogP contribution is 2.24. The Labute approximate surface area is 127 Å². The van der Waals surface area contributed by atoms with Crippen LogP contribution < -0.4 is 10.6 Å². The molecule has 1 atom stereocenters. The van der Waals surface area contributed by atoms with Gasteiger partial charge in [0.1, 0.15) is 6.04 Å². The van der Waals surface area contributed by atoms with Crippen LogP contribution in [0.15, 0.2) is 18.2 Å². The largest absolute Gasteiger partial charge is 0.358 e. The van der Waals surface area contributed by atoms with Crippen molar-refractivity contribution in [3.05, 3.63) is 38.9 Å². The molecule has 0 aromatic heterocycles. The molecule has 1 fully saturated rings. The summed E-state index contributed by atoms with van der Waals surface area (Å²) in [6.45, 7) is 2.56. The number of hydrogen-bond acceptors (Lipinski definition) is 5. The van der Waals surface area contributed by atoms with Gasteiger partial charge in [-0.05, 0) is 11.6 Å². The Morgan fingerprint density at radius 3 is 3.00 bits per heavy atom. The second-order valence-corrected chi connectivity index (χ2v) is 5.24. The summed E-state index contributed by atoms with van der Waals surface area (Å²) in [6.07, 6.45) is 0. The SMILES string of the molecule is CNC(=O)C1CNCCN1Cc1ccc([N+](=O)[O-])cc1Cl. The third-order valence-electron chi connectivity index (χ3n) is 3.52. The molecule has 0 radical (unpaired) electrons. The number of nitrogens with one attached hydrogen (secondary N) is 2. The van der Waals surface area contributed by atoms with Crippen molar-refractivity contribution in [3.8, 4) is 0 Å². The van der Waals surface area contributed by atoms with Gasteiger partial charge in [-0.1, -0.05) is 11.6 Å². The third-order valence-corrected chi connectivity index (χ3v) is 3.88. The molecule has 0 aliphatic carbocycles. The minimum Gasteiger partial charge on any atom is -0.358 e. The summed E-state index contributed by atoms with van der Waals surface area (Å²) >= 11 is 6.11. The van der Waals surface area contributed by atoms with Gasteiger partial charge in [0, 0.05) is 45.4 Å². The maximum Gasteiger partial charge on any atom is 0.270 e. The van der Waals surface area contributed by atoms with E-state index in [0.29, 0.717) is 24.7 Å². The maximum absolute atomic E-state index is 11.9. The summed E-state index contributed by atoms with van der Waals surface area (Å²) in [5, 5.41) is 16.9. The van der Waals surface area contributed by atoms with Gasteiger partial charge in [-0.3, -0.25) is 19.8 Å². The van der Waals surface area contributed by atoms with E-state index < -0.39 is 4.92 Å². The number of nitro benzene ring substituents is 1. The Hall–Kier alpha value is -1.70. The molecule has 21 heavy (non-hydrogen) atoms. The highest BCUT2D eigenvalue weighted by Gasteiger charge is 2.28. The Kier molecular flexibility index (Phi) is 5.11. The fourth-order valence-corrected chi connectivity index (χ4v) is 2.59. The van der Waals surface area contributed by atoms with Gasteiger partial charge in [-0.15, -0.1) is 0 Å². The highest BCUT2D eigenvalue weighted by atomic mass is 35.5. The number of nitro groups is 1. The highest BCUT2D eigenvalue weighted by molar-refractivity contribution is 6.31. The topological polar surface area (TPSA) is 87.5 Å². The molecule has 0 spiro atoms. The van der Waals surface area contributed by atoms with Crippen LogP contribution in [-0.2, 0) is 11.3 Å². The first-order valence-corrected chi connectivity index (χ1v) is 7.00. The summed E-state index contributed by atoms with van der Waals surface area (Å²) in [6, 6.07) is 4.14. The van der Waals surface area contributed by atoms with Crippen molar-refractivity contribution in [3.63, 3.8) is 0 Å². The predicted octanol–water partition coefficient (Wildman–Crippen LogP) is 0.768. The van der Waals surface area contributed by atoms with Crippen LogP contribution in [0.1, 0.15) is 5.56 Å². The van der Waals surface area contributed by atoms with Crippen LogP contribution in [0, 0.1) is 10.1 Å². The molecule has 1 aromatic rings. The lowest BCUT2D eigenvalue weighted by atomic mass is 10.1. The summed E-state index contributed by atoms with van der Waals surface area (Å²) in [5.74, 6) is -0.0553. The van der Waals surface area contributed by atoms with Crippen LogP contribution in [0.25, 0.3) is 0 Å². The predicted molar refractivity (Wildman–Crippen MR) is 79.2 cm³/mol. The second-order valence-electron chi connectivity index (χ2n) is 4.84. The third kappa shape index (κ3) is 3.69. The van der Waals surface area contributed by atoms with Gasteiger partial charge in [0.2, 0.25) is 5.91 Å². The molecule has 8 heteroatoms. The average Bonchev–Trinajstić information content (AvgIpc) is 2.49. The van der Waals surface area contributed by atoms with Crippen molar-refractivity contribution in [2.75, 3.05) is 26.7 Å². The van der Waals surface area contributed by atoms with E-state index in [-0.39, 0.29) is 17.6 Å². The smallest absolute Gasteiger partial charge is 0.270 e. The minimum atomic E-state index is -0.478. The van der Waals surface area contributed by atoms with Crippen LogP contribution in [-0.4, -0.2) is 48.5 Å². The summed E-state index contributed by atoms with van der Waals surface area (Å²) in [5.41, 5.74) is 0.741. The Bertz CT molecular complexity index is 552.